The molecule has 1 unspecified atom stereocenters. The summed E-state index contributed by atoms with van der Waals surface area (Å²) in [6.07, 6.45) is 0.836. The Labute approximate surface area is 76.7 Å². The third kappa shape index (κ3) is 2.69. The predicted molar refractivity (Wildman–Crippen MR) is 46.3 cm³/mol. The highest BCUT2D eigenvalue weighted by atomic mass is 16.4. The van der Waals surface area contributed by atoms with Crippen LogP contribution in [0.3, 0.4) is 0 Å². The molecule has 0 aromatic rings. The van der Waals surface area contributed by atoms with Gasteiger partial charge in [-0.15, -0.1) is 0 Å². The number of likely N-dealkylation sites (tertiary alicyclic amines) is 1. The molecule has 1 saturated heterocycles. The van der Waals surface area contributed by atoms with E-state index in [1.54, 1.807) is 11.9 Å². The number of carbonyl (C=O) groups is 2. The average Bonchev–Trinajstić information content (AvgIpc) is 2.35. The van der Waals surface area contributed by atoms with Crippen molar-refractivity contribution in [2.75, 3.05) is 20.1 Å². The van der Waals surface area contributed by atoms with Gasteiger partial charge in [-0.3, -0.25) is 9.59 Å². The molecule has 1 aliphatic heterocycles. The van der Waals surface area contributed by atoms with Gasteiger partial charge >= 0.3 is 5.97 Å². The lowest BCUT2D eigenvalue weighted by atomic mass is 10.2. The van der Waals surface area contributed by atoms with Crippen LogP contribution in [0.5, 0.6) is 0 Å². The van der Waals surface area contributed by atoms with Crippen molar-refractivity contribution in [3.63, 3.8) is 0 Å². The summed E-state index contributed by atoms with van der Waals surface area (Å²) in [5.41, 5.74) is 0. The van der Waals surface area contributed by atoms with Crippen molar-refractivity contribution in [3.05, 3.63) is 0 Å². The van der Waals surface area contributed by atoms with Gasteiger partial charge in [-0.25, -0.2) is 0 Å². The number of carboxylic acids is 1. The molecule has 0 radical (unpaired) electrons. The Bertz CT molecular complexity index is 217. The number of carboxylic acid groups (broad SMARTS) is 1. The van der Waals surface area contributed by atoms with Crippen LogP contribution in [0.15, 0.2) is 0 Å². The van der Waals surface area contributed by atoms with Gasteiger partial charge in [0.25, 0.3) is 0 Å². The van der Waals surface area contributed by atoms with Crippen LogP contribution < -0.4 is 5.32 Å². The lowest BCUT2D eigenvalue weighted by Gasteiger charge is -2.10. The maximum Gasteiger partial charge on any atom is 0.304 e. The molecule has 0 aromatic carbocycles. The Balaban J connectivity index is 2.23. The van der Waals surface area contributed by atoms with E-state index in [0.717, 1.165) is 13.0 Å². The van der Waals surface area contributed by atoms with Crippen LogP contribution in [-0.4, -0.2) is 48.1 Å². The molecular formula is C8H14N2O3. The Morgan fingerprint density at radius 2 is 2.46 bits per heavy atom. The number of aliphatic carboxylic acids is 1. The third-order valence-corrected chi connectivity index (χ3v) is 2.16. The molecule has 1 aliphatic rings. The number of carbonyl (C=O) groups excluding carboxylic acids is 1. The molecular weight excluding hydrogens is 172 g/mol. The third-order valence-electron chi connectivity index (χ3n) is 2.16. The van der Waals surface area contributed by atoms with Crippen LogP contribution in [0.4, 0.5) is 0 Å². The van der Waals surface area contributed by atoms with E-state index in [2.05, 4.69) is 5.32 Å². The normalized spacial score (nSPS) is 22.4. The minimum atomic E-state index is -0.841. The topological polar surface area (TPSA) is 69.6 Å². The standard InChI is InChI=1S/C8H14N2O3/c1-10-5-3-6(8(10)13)9-4-2-7(11)12/h6,9H,2-5H2,1H3,(H,11,12). The molecule has 0 aliphatic carbocycles. The molecule has 0 aromatic heterocycles. The second-order valence-corrected chi connectivity index (χ2v) is 3.20. The maximum atomic E-state index is 11.3. The van der Waals surface area contributed by atoms with Gasteiger partial charge in [0.2, 0.25) is 5.91 Å². The van der Waals surface area contributed by atoms with Crippen LogP contribution in [0, 0.1) is 0 Å². The van der Waals surface area contributed by atoms with Crippen LogP contribution in [0.25, 0.3) is 0 Å². The summed E-state index contributed by atoms with van der Waals surface area (Å²) < 4.78 is 0. The number of nitrogens with zero attached hydrogens (tertiary/aromatic N) is 1. The van der Waals surface area contributed by atoms with Crippen molar-refractivity contribution in [1.29, 1.82) is 0 Å². The van der Waals surface area contributed by atoms with Crippen molar-refractivity contribution in [2.24, 2.45) is 0 Å². The second-order valence-electron chi connectivity index (χ2n) is 3.20. The van der Waals surface area contributed by atoms with Gasteiger partial charge in [0.15, 0.2) is 0 Å². The van der Waals surface area contributed by atoms with Gasteiger partial charge in [0.05, 0.1) is 12.5 Å². The minimum Gasteiger partial charge on any atom is -0.481 e. The van der Waals surface area contributed by atoms with Gasteiger partial charge in [0, 0.05) is 20.1 Å². The highest BCUT2D eigenvalue weighted by Crippen LogP contribution is 2.07. The monoisotopic (exact) mass is 186 g/mol. The van der Waals surface area contributed by atoms with Crippen molar-refractivity contribution < 1.29 is 14.7 Å². The first kappa shape index (κ1) is 9.98. The smallest absolute Gasteiger partial charge is 0.304 e. The first-order valence-corrected chi connectivity index (χ1v) is 4.31. The van der Waals surface area contributed by atoms with Gasteiger partial charge in [-0.05, 0) is 6.42 Å². The van der Waals surface area contributed by atoms with E-state index >= 15 is 0 Å². The fraction of sp³-hybridized carbons (Fsp3) is 0.750. The SMILES string of the molecule is CN1CCC(NCCC(=O)O)C1=O. The molecule has 1 fully saturated rings. The molecule has 5 nitrogen and oxygen atoms in total. The summed E-state index contributed by atoms with van der Waals surface area (Å²) in [4.78, 5) is 23.1. The number of hydrogen-bond donors (Lipinski definition) is 2. The number of rotatable bonds is 4. The number of hydrogen-bond acceptors (Lipinski definition) is 3. The van der Waals surface area contributed by atoms with Crippen LogP contribution in [0.1, 0.15) is 12.8 Å². The van der Waals surface area contributed by atoms with Crippen molar-refractivity contribution in [3.8, 4) is 0 Å². The highest BCUT2D eigenvalue weighted by molar-refractivity contribution is 5.83. The molecule has 2 N–H and O–H groups in total. The number of amides is 1. The molecule has 13 heavy (non-hydrogen) atoms. The van der Waals surface area contributed by atoms with E-state index in [1.807, 2.05) is 0 Å². The lowest BCUT2D eigenvalue weighted by Crippen LogP contribution is -2.37. The molecule has 0 spiro atoms. The Kier molecular flexibility index (Phi) is 3.25. The first-order valence-electron chi connectivity index (χ1n) is 4.31. The molecule has 1 amide bonds. The van der Waals surface area contributed by atoms with Crippen LogP contribution in [0.2, 0.25) is 0 Å². The molecule has 1 heterocycles. The van der Waals surface area contributed by atoms with Crippen molar-refractivity contribution >= 4 is 11.9 Å². The summed E-state index contributed by atoms with van der Waals surface area (Å²) in [5, 5.41) is 11.3. The molecule has 74 valence electrons. The van der Waals surface area contributed by atoms with Crippen molar-refractivity contribution in [1.82, 2.24) is 10.2 Å². The largest absolute Gasteiger partial charge is 0.481 e. The van der Waals surface area contributed by atoms with E-state index in [4.69, 9.17) is 5.11 Å². The molecule has 5 heteroatoms. The number of nitrogens with one attached hydrogen (secondary N) is 1. The van der Waals surface area contributed by atoms with Crippen LogP contribution >= 0.6 is 0 Å². The summed E-state index contributed by atoms with van der Waals surface area (Å²) in [7, 11) is 1.75. The quantitative estimate of drug-likeness (QED) is 0.608. The van der Waals surface area contributed by atoms with Gasteiger partial charge < -0.3 is 15.3 Å². The predicted octanol–water partition coefficient (Wildman–Crippen LogP) is -0.719. The average molecular weight is 186 g/mol. The zero-order chi connectivity index (χ0) is 9.84. The molecule has 0 bridgehead atoms. The van der Waals surface area contributed by atoms with Gasteiger partial charge in [-0.1, -0.05) is 0 Å². The Morgan fingerprint density at radius 3 is 2.92 bits per heavy atom. The fourth-order valence-corrected chi connectivity index (χ4v) is 1.37. The van der Waals surface area contributed by atoms with Gasteiger partial charge in [-0.2, -0.15) is 0 Å². The summed E-state index contributed by atoms with van der Waals surface area (Å²) in [6.45, 7) is 1.11. The molecule has 1 rings (SSSR count). The Morgan fingerprint density at radius 1 is 1.77 bits per heavy atom. The van der Waals surface area contributed by atoms with E-state index in [0.29, 0.717) is 6.54 Å². The molecule has 1 atom stereocenters. The summed E-state index contributed by atoms with van der Waals surface area (Å²) in [5.74, 6) is -0.781. The highest BCUT2D eigenvalue weighted by Gasteiger charge is 2.28. The van der Waals surface area contributed by atoms with E-state index < -0.39 is 5.97 Å². The summed E-state index contributed by atoms with van der Waals surface area (Å²) in [6, 6.07) is -0.177. The maximum absolute atomic E-state index is 11.3. The Hall–Kier alpha value is -1.10. The van der Waals surface area contributed by atoms with Crippen molar-refractivity contribution in [2.45, 2.75) is 18.9 Å². The van der Waals surface area contributed by atoms with Gasteiger partial charge in [0.1, 0.15) is 0 Å². The van der Waals surface area contributed by atoms with E-state index in [1.165, 1.54) is 0 Å². The lowest BCUT2D eigenvalue weighted by molar-refractivity contribution is -0.137. The zero-order valence-corrected chi connectivity index (χ0v) is 7.62. The minimum absolute atomic E-state index is 0.0605. The second kappa shape index (κ2) is 4.23. The first-order chi connectivity index (χ1) is 6.11. The molecule has 0 saturated carbocycles. The zero-order valence-electron chi connectivity index (χ0n) is 7.62. The summed E-state index contributed by atoms with van der Waals surface area (Å²) >= 11 is 0. The van der Waals surface area contributed by atoms with Crippen LogP contribution in [-0.2, 0) is 9.59 Å². The van der Waals surface area contributed by atoms with E-state index in [-0.39, 0.29) is 18.4 Å². The number of likely N-dealkylation sites (N-methyl/N-ethyl adjacent to an activating group) is 1. The van der Waals surface area contributed by atoms with E-state index in [9.17, 15) is 9.59 Å². The fourth-order valence-electron chi connectivity index (χ4n) is 1.37.